The molecule has 0 bridgehead atoms. The van der Waals surface area contributed by atoms with Crippen LogP contribution in [0, 0.1) is 0 Å². The van der Waals surface area contributed by atoms with Gasteiger partial charge in [0.25, 0.3) is 0 Å². The molecule has 5 rings (SSSR count). The Bertz CT molecular complexity index is 969. The number of aliphatic hydroxyl groups is 2. The molecule has 2 aromatic heterocycles. The van der Waals surface area contributed by atoms with Gasteiger partial charge < -0.3 is 14.7 Å². The van der Waals surface area contributed by atoms with Crippen LogP contribution in [0.5, 0.6) is 0 Å². The minimum atomic E-state index is -0.108. The number of rotatable bonds is 3. The average molecular weight is 411 g/mol. The van der Waals surface area contributed by atoms with E-state index in [-0.39, 0.29) is 6.10 Å². The first kappa shape index (κ1) is 21.2. The Hall–Kier alpha value is -2.51. The molecule has 1 fully saturated rings. The lowest BCUT2D eigenvalue weighted by molar-refractivity contribution is 0.175. The number of fused-ring (bicyclic) bond motifs is 1. The van der Waals surface area contributed by atoms with Gasteiger partial charge in [0, 0.05) is 32.3 Å². The SMILES string of the molecule is CO.OC1CCN(Cc2ccccc2)C1.c1ccc(-c2noc3ccsc23)cc1. The Morgan fingerprint density at radius 2 is 1.72 bits per heavy atom. The van der Waals surface area contributed by atoms with Gasteiger partial charge in [0.05, 0.1) is 6.10 Å². The summed E-state index contributed by atoms with van der Waals surface area (Å²) in [6, 6.07) is 22.4. The van der Waals surface area contributed by atoms with Crippen molar-refractivity contribution in [3.05, 3.63) is 77.7 Å². The molecule has 6 heteroatoms. The third kappa shape index (κ3) is 5.74. The van der Waals surface area contributed by atoms with Crippen molar-refractivity contribution in [3.63, 3.8) is 0 Å². The molecule has 1 saturated heterocycles. The van der Waals surface area contributed by atoms with Gasteiger partial charge in [-0.2, -0.15) is 0 Å². The lowest BCUT2D eigenvalue weighted by Crippen LogP contribution is -2.21. The molecule has 0 spiro atoms. The predicted octanol–water partition coefficient (Wildman–Crippen LogP) is 4.42. The van der Waals surface area contributed by atoms with E-state index < -0.39 is 0 Å². The van der Waals surface area contributed by atoms with Crippen molar-refractivity contribution >= 4 is 21.6 Å². The number of hydrogen-bond acceptors (Lipinski definition) is 6. The molecule has 4 aromatic rings. The molecule has 1 aliphatic rings. The number of hydrogen-bond donors (Lipinski definition) is 2. The third-order valence-electron chi connectivity index (χ3n) is 4.62. The van der Waals surface area contributed by atoms with Crippen LogP contribution in [-0.4, -0.2) is 46.6 Å². The zero-order valence-corrected chi connectivity index (χ0v) is 17.3. The minimum Gasteiger partial charge on any atom is -0.400 e. The Morgan fingerprint density at radius 1 is 1.03 bits per heavy atom. The summed E-state index contributed by atoms with van der Waals surface area (Å²) in [5.74, 6) is 0. The monoisotopic (exact) mass is 410 g/mol. The molecule has 29 heavy (non-hydrogen) atoms. The molecule has 1 unspecified atom stereocenters. The Balaban J connectivity index is 0.000000153. The van der Waals surface area contributed by atoms with Crippen molar-refractivity contribution in [2.45, 2.75) is 19.1 Å². The summed E-state index contributed by atoms with van der Waals surface area (Å²) < 4.78 is 6.33. The minimum absolute atomic E-state index is 0.108. The maximum absolute atomic E-state index is 9.34. The summed E-state index contributed by atoms with van der Waals surface area (Å²) in [5, 5.41) is 22.4. The molecule has 0 saturated carbocycles. The molecular weight excluding hydrogens is 384 g/mol. The second-order valence-corrected chi connectivity index (χ2v) is 7.59. The van der Waals surface area contributed by atoms with E-state index in [1.165, 1.54) is 5.56 Å². The van der Waals surface area contributed by atoms with Gasteiger partial charge in [-0.3, -0.25) is 4.90 Å². The molecule has 3 heterocycles. The maximum atomic E-state index is 9.34. The summed E-state index contributed by atoms with van der Waals surface area (Å²) in [6.45, 7) is 2.82. The number of nitrogens with zero attached hydrogens (tertiary/aromatic N) is 2. The van der Waals surface area contributed by atoms with Crippen molar-refractivity contribution < 1.29 is 14.7 Å². The second-order valence-electron chi connectivity index (χ2n) is 6.67. The van der Waals surface area contributed by atoms with Crippen molar-refractivity contribution in [1.82, 2.24) is 10.1 Å². The van der Waals surface area contributed by atoms with Gasteiger partial charge in [-0.15, -0.1) is 11.3 Å². The summed E-state index contributed by atoms with van der Waals surface area (Å²) in [7, 11) is 1.00. The highest BCUT2D eigenvalue weighted by molar-refractivity contribution is 7.17. The second kappa shape index (κ2) is 10.9. The van der Waals surface area contributed by atoms with Gasteiger partial charge in [-0.1, -0.05) is 65.8 Å². The quantitative estimate of drug-likeness (QED) is 0.523. The lowest BCUT2D eigenvalue weighted by atomic mass is 10.1. The topological polar surface area (TPSA) is 69.7 Å². The van der Waals surface area contributed by atoms with Crippen LogP contribution in [0.1, 0.15) is 12.0 Å². The largest absolute Gasteiger partial charge is 0.400 e. The number of β-amino-alcohol motifs (C(OH)–C–C–N with tert-alkyl or cyclic N) is 1. The first-order chi connectivity index (χ1) is 14.3. The number of thiophene rings is 1. The van der Waals surface area contributed by atoms with E-state index in [2.05, 4.69) is 34.3 Å². The van der Waals surface area contributed by atoms with E-state index in [4.69, 9.17) is 9.63 Å². The van der Waals surface area contributed by atoms with E-state index in [1.54, 1.807) is 11.3 Å². The molecule has 0 radical (unpaired) electrons. The van der Waals surface area contributed by atoms with Gasteiger partial charge in [0.2, 0.25) is 0 Å². The van der Waals surface area contributed by atoms with E-state index in [1.807, 2.05) is 47.8 Å². The molecule has 1 atom stereocenters. The van der Waals surface area contributed by atoms with Gasteiger partial charge in [-0.05, 0) is 23.4 Å². The standard InChI is InChI=1S/C11H7NOS.C11H15NO.CH4O/c1-2-4-8(5-3-1)10-11-9(13-12-10)6-7-14-11;13-11-6-7-12(9-11)8-10-4-2-1-3-5-10;1-2/h1-7H;1-5,11,13H,6-9H2;2H,1H3. The molecule has 0 aliphatic carbocycles. The Labute approximate surface area is 174 Å². The summed E-state index contributed by atoms with van der Waals surface area (Å²) in [6.07, 6.45) is 0.816. The van der Waals surface area contributed by atoms with Gasteiger partial charge in [-0.25, -0.2) is 0 Å². The highest BCUT2D eigenvalue weighted by atomic mass is 32.1. The van der Waals surface area contributed by atoms with Crippen LogP contribution in [0.25, 0.3) is 21.5 Å². The predicted molar refractivity (Wildman–Crippen MR) is 118 cm³/mol. The Kier molecular flexibility index (Phi) is 7.95. The van der Waals surface area contributed by atoms with Crippen molar-refractivity contribution in [1.29, 1.82) is 0 Å². The first-order valence-electron chi connectivity index (χ1n) is 9.57. The van der Waals surface area contributed by atoms with Crippen LogP contribution >= 0.6 is 11.3 Å². The summed E-state index contributed by atoms with van der Waals surface area (Å²) >= 11 is 1.66. The van der Waals surface area contributed by atoms with Crippen molar-refractivity contribution in [2.24, 2.45) is 0 Å². The third-order valence-corrected chi connectivity index (χ3v) is 5.53. The average Bonchev–Trinajstić information content (AvgIpc) is 3.49. The van der Waals surface area contributed by atoms with Crippen molar-refractivity contribution in [3.8, 4) is 11.3 Å². The number of likely N-dealkylation sites (tertiary alicyclic amines) is 1. The molecular formula is C23H26N2O3S. The van der Waals surface area contributed by atoms with Gasteiger partial charge in [0.1, 0.15) is 10.4 Å². The zero-order valence-electron chi connectivity index (χ0n) is 16.4. The fourth-order valence-electron chi connectivity index (χ4n) is 3.26. The van der Waals surface area contributed by atoms with Crippen LogP contribution in [0.4, 0.5) is 0 Å². The number of aliphatic hydroxyl groups excluding tert-OH is 2. The number of benzene rings is 2. The summed E-state index contributed by atoms with van der Waals surface area (Å²) in [5.41, 5.74) is 4.25. The molecule has 1 aliphatic heterocycles. The highest BCUT2D eigenvalue weighted by Crippen LogP contribution is 2.31. The molecule has 2 aromatic carbocycles. The van der Waals surface area contributed by atoms with Crippen LogP contribution in [0.15, 0.2) is 76.6 Å². The van der Waals surface area contributed by atoms with Gasteiger partial charge >= 0.3 is 0 Å². The fourth-order valence-corrected chi connectivity index (χ4v) is 4.07. The highest BCUT2D eigenvalue weighted by Gasteiger charge is 2.19. The normalized spacial score (nSPS) is 16.0. The molecule has 152 valence electrons. The van der Waals surface area contributed by atoms with Crippen LogP contribution in [-0.2, 0) is 6.54 Å². The fraction of sp³-hybridized carbons (Fsp3) is 0.261. The van der Waals surface area contributed by atoms with Crippen LogP contribution in [0.2, 0.25) is 0 Å². The molecule has 5 nitrogen and oxygen atoms in total. The lowest BCUT2D eigenvalue weighted by Gasteiger charge is -2.14. The number of aromatic nitrogens is 1. The van der Waals surface area contributed by atoms with E-state index in [9.17, 15) is 5.11 Å². The smallest absolute Gasteiger partial charge is 0.178 e. The molecule has 0 amide bonds. The molecule has 2 N–H and O–H groups in total. The van der Waals surface area contributed by atoms with Gasteiger partial charge in [0.15, 0.2) is 5.58 Å². The van der Waals surface area contributed by atoms with E-state index in [0.29, 0.717) is 0 Å². The van der Waals surface area contributed by atoms with E-state index in [0.717, 1.165) is 54.7 Å². The van der Waals surface area contributed by atoms with Crippen LogP contribution in [0.3, 0.4) is 0 Å². The zero-order chi connectivity index (χ0) is 20.5. The van der Waals surface area contributed by atoms with Crippen molar-refractivity contribution in [2.75, 3.05) is 20.2 Å². The maximum Gasteiger partial charge on any atom is 0.178 e. The van der Waals surface area contributed by atoms with Crippen LogP contribution < -0.4 is 0 Å². The first-order valence-corrected chi connectivity index (χ1v) is 10.4. The Morgan fingerprint density at radius 3 is 2.38 bits per heavy atom. The summed E-state index contributed by atoms with van der Waals surface area (Å²) in [4.78, 5) is 2.29. The van der Waals surface area contributed by atoms with E-state index >= 15 is 0 Å².